The predicted molar refractivity (Wildman–Crippen MR) is 98.0 cm³/mol. The second-order valence-corrected chi connectivity index (χ2v) is 6.60. The summed E-state index contributed by atoms with van der Waals surface area (Å²) in [5.41, 5.74) is 2.23. The topological polar surface area (TPSA) is 87.5 Å². The molecule has 7 nitrogen and oxygen atoms in total. The molecule has 1 aromatic heterocycles. The van der Waals surface area contributed by atoms with Gasteiger partial charge in [-0.1, -0.05) is 18.6 Å². The molecule has 0 unspecified atom stereocenters. The van der Waals surface area contributed by atoms with E-state index in [1.165, 1.54) is 29.5 Å². The van der Waals surface area contributed by atoms with Crippen LogP contribution in [0.15, 0.2) is 36.5 Å². The summed E-state index contributed by atoms with van der Waals surface area (Å²) in [4.78, 5) is 25.3. The minimum atomic E-state index is -0.892. The summed E-state index contributed by atoms with van der Waals surface area (Å²) in [7, 11) is 0. The fraction of sp³-hybridized carbons (Fsp3) is 0.421. The molecule has 138 valence electrons. The molecular formula is C19H24N4O3. The van der Waals surface area contributed by atoms with Crippen LogP contribution in [0.4, 0.5) is 5.69 Å². The number of aromatic nitrogens is 2. The molecule has 1 aromatic carbocycles. The van der Waals surface area contributed by atoms with Crippen molar-refractivity contribution >= 4 is 17.6 Å². The van der Waals surface area contributed by atoms with Crippen LogP contribution in [0.1, 0.15) is 41.7 Å². The zero-order chi connectivity index (χ0) is 18.4. The lowest BCUT2D eigenvalue weighted by atomic mass is 10.1. The van der Waals surface area contributed by atoms with Gasteiger partial charge in [-0.3, -0.25) is 19.2 Å². The van der Waals surface area contributed by atoms with E-state index in [1.54, 1.807) is 12.3 Å². The summed E-state index contributed by atoms with van der Waals surface area (Å²) in [5.74, 6) is -1.20. The van der Waals surface area contributed by atoms with Crippen LogP contribution in [0.2, 0.25) is 0 Å². The van der Waals surface area contributed by atoms with Gasteiger partial charge in [-0.05, 0) is 49.7 Å². The molecule has 2 aromatic rings. The monoisotopic (exact) mass is 356 g/mol. The van der Waals surface area contributed by atoms with E-state index in [2.05, 4.69) is 15.3 Å². The smallest absolute Gasteiger partial charge is 0.305 e. The van der Waals surface area contributed by atoms with Crippen molar-refractivity contribution in [3.05, 3.63) is 47.8 Å². The van der Waals surface area contributed by atoms with Crippen molar-refractivity contribution in [2.45, 2.75) is 38.8 Å². The minimum Gasteiger partial charge on any atom is -0.481 e. The van der Waals surface area contributed by atoms with Gasteiger partial charge in [0.2, 0.25) is 0 Å². The number of hydrogen-bond donors (Lipinski definition) is 2. The number of amides is 1. The quantitative estimate of drug-likeness (QED) is 0.796. The van der Waals surface area contributed by atoms with E-state index < -0.39 is 5.97 Å². The second-order valence-electron chi connectivity index (χ2n) is 6.60. The zero-order valence-corrected chi connectivity index (χ0v) is 14.7. The van der Waals surface area contributed by atoms with E-state index in [1.807, 2.05) is 24.3 Å². The fourth-order valence-electron chi connectivity index (χ4n) is 3.08. The number of nitrogens with one attached hydrogen (secondary N) is 1. The summed E-state index contributed by atoms with van der Waals surface area (Å²) in [6, 6.07) is 9.46. The number of benzene rings is 1. The molecule has 1 aliphatic heterocycles. The highest BCUT2D eigenvalue weighted by Gasteiger charge is 2.12. The molecule has 1 fully saturated rings. The number of nitrogens with zero attached hydrogens (tertiary/aromatic N) is 3. The van der Waals surface area contributed by atoms with Gasteiger partial charge in [0.1, 0.15) is 0 Å². The number of aryl methyl sites for hydroxylation is 1. The van der Waals surface area contributed by atoms with Gasteiger partial charge in [-0.15, -0.1) is 0 Å². The number of likely N-dealkylation sites (tertiary alicyclic amines) is 1. The van der Waals surface area contributed by atoms with Crippen LogP contribution < -0.4 is 5.32 Å². The highest BCUT2D eigenvalue weighted by atomic mass is 16.4. The first-order chi connectivity index (χ1) is 12.6. The Balaban J connectivity index is 1.53. The maximum atomic E-state index is 12.3. The standard InChI is InChI=1S/C19H24N4O3/c24-18(25)9-13-23-12-8-17(21-23)19(26)20-16-6-4-15(5-7-16)14-22-10-2-1-3-11-22/h4-8,12H,1-3,9-11,13-14H2,(H,20,26)(H,24,25). The van der Waals surface area contributed by atoms with Gasteiger partial charge >= 0.3 is 5.97 Å². The molecule has 0 radical (unpaired) electrons. The van der Waals surface area contributed by atoms with Crippen molar-refractivity contribution in [2.24, 2.45) is 0 Å². The molecule has 1 amide bonds. The average Bonchev–Trinajstić information content (AvgIpc) is 3.12. The first kappa shape index (κ1) is 18.1. The molecule has 0 atom stereocenters. The van der Waals surface area contributed by atoms with Gasteiger partial charge in [-0.2, -0.15) is 5.10 Å². The number of carbonyl (C=O) groups excluding carboxylic acids is 1. The Labute approximate surface area is 152 Å². The summed E-state index contributed by atoms with van der Waals surface area (Å²) in [6.07, 6.45) is 5.45. The summed E-state index contributed by atoms with van der Waals surface area (Å²) >= 11 is 0. The van der Waals surface area contributed by atoms with Crippen molar-refractivity contribution < 1.29 is 14.7 Å². The lowest BCUT2D eigenvalue weighted by Crippen LogP contribution is -2.29. The Morgan fingerprint density at radius 1 is 1.08 bits per heavy atom. The third kappa shape index (κ3) is 5.16. The molecule has 26 heavy (non-hydrogen) atoms. The van der Waals surface area contributed by atoms with E-state index in [4.69, 9.17) is 5.11 Å². The van der Waals surface area contributed by atoms with Crippen LogP contribution in [0.25, 0.3) is 0 Å². The summed E-state index contributed by atoms with van der Waals surface area (Å²) in [5, 5.41) is 15.6. The lowest BCUT2D eigenvalue weighted by Gasteiger charge is -2.26. The van der Waals surface area contributed by atoms with Gasteiger partial charge in [0, 0.05) is 18.4 Å². The average molecular weight is 356 g/mol. The molecule has 0 spiro atoms. The summed E-state index contributed by atoms with van der Waals surface area (Å²) < 4.78 is 1.46. The van der Waals surface area contributed by atoms with E-state index in [-0.39, 0.29) is 24.6 Å². The molecular weight excluding hydrogens is 332 g/mol. The Hall–Kier alpha value is -2.67. The van der Waals surface area contributed by atoms with Crippen LogP contribution in [0.3, 0.4) is 0 Å². The molecule has 1 saturated heterocycles. The first-order valence-electron chi connectivity index (χ1n) is 8.98. The Morgan fingerprint density at radius 3 is 2.50 bits per heavy atom. The van der Waals surface area contributed by atoms with Crippen LogP contribution in [0, 0.1) is 0 Å². The molecule has 2 N–H and O–H groups in total. The molecule has 7 heteroatoms. The maximum Gasteiger partial charge on any atom is 0.305 e. The lowest BCUT2D eigenvalue weighted by molar-refractivity contribution is -0.137. The molecule has 3 rings (SSSR count). The number of piperidine rings is 1. The highest BCUT2D eigenvalue weighted by Crippen LogP contribution is 2.15. The molecule has 1 aliphatic rings. The molecule has 2 heterocycles. The highest BCUT2D eigenvalue weighted by molar-refractivity contribution is 6.02. The van der Waals surface area contributed by atoms with Crippen LogP contribution >= 0.6 is 0 Å². The number of carboxylic acid groups (broad SMARTS) is 1. The minimum absolute atomic E-state index is 0.0266. The van der Waals surface area contributed by atoms with Gasteiger partial charge in [0.05, 0.1) is 13.0 Å². The van der Waals surface area contributed by atoms with Crippen molar-refractivity contribution in [1.29, 1.82) is 0 Å². The summed E-state index contributed by atoms with van der Waals surface area (Å²) in [6.45, 7) is 3.50. The number of rotatable bonds is 7. The van der Waals surface area contributed by atoms with E-state index in [0.29, 0.717) is 0 Å². The van der Waals surface area contributed by atoms with E-state index in [9.17, 15) is 9.59 Å². The Bertz CT molecular complexity index is 748. The van der Waals surface area contributed by atoms with Crippen LogP contribution in [-0.4, -0.2) is 44.8 Å². The molecule has 0 aliphatic carbocycles. The SMILES string of the molecule is O=C(O)CCn1ccc(C(=O)Nc2ccc(CN3CCCCC3)cc2)n1. The van der Waals surface area contributed by atoms with E-state index >= 15 is 0 Å². The fourth-order valence-corrected chi connectivity index (χ4v) is 3.08. The second kappa shape index (κ2) is 8.62. The number of carbonyl (C=O) groups is 2. The normalized spacial score (nSPS) is 14.9. The Kier molecular flexibility index (Phi) is 6.01. The third-order valence-electron chi connectivity index (χ3n) is 4.49. The van der Waals surface area contributed by atoms with E-state index in [0.717, 1.165) is 25.3 Å². The number of hydrogen-bond acceptors (Lipinski definition) is 4. The van der Waals surface area contributed by atoms with Gasteiger partial charge < -0.3 is 10.4 Å². The predicted octanol–water partition coefficient (Wildman–Crippen LogP) is 2.60. The maximum absolute atomic E-state index is 12.3. The van der Waals surface area contributed by atoms with Crippen molar-refractivity contribution in [3.63, 3.8) is 0 Å². The number of carboxylic acids is 1. The molecule has 0 bridgehead atoms. The van der Waals surface area contributed by atoms with Crippen molar-refractivity contribution in [2.75, 3.05) is 18.4 Å². The zero-order valence-electron chi connectivity index (χ0n) is 14.7. The van der Waals surface area contributed by atoms with Crippen LogP contribution in [0.5, 0.6) is 0 Å². The van der Waals surface area contributed by atoms with Crippen LogP contribution in [-0.2, 0) is 17.9 Å². The van der Waals surface area contributed by atoms with Crippen molar-refractivity contribution in [3.8, 4) is 0 Å². The van der Waals surface area contributed by atoms with Gasteiger partial charge in [-0.25, -0.2) is 0 Å². The molecule has 0 saturated carbocycles. The largest absolute Gasteiger partial charge is 0.481 e. The Morgan fingerprint density at radius 2 is 1.81 bits per heavy atom. The number of aliphatic carboxylic acids is 1. The van der Waals surface area contributed by atoms with Gasteiger partial charge in [0.15, 0.2) is 5.69 Å². The van der Waals surface area contributed by atoms with Gasteiger partial charge in [0.25, 0.3) is 5.91 Å². The first-order valence-corrected chi connectivity index (χ1v) is 8.98. The third-order valence-corrected chi connectivity index (χ3v) is 4.49. The van der Waals surface area contributed by atoms with Crippen molar-refractivity contribution in [1.82, 2.24) is 14.7 Å². The number of anilines is 1.